The molecule has 1 aromatic rings. The minimum atomic E-state index is -1.82. The lowest BCUT2D eigenvalue weighted by molar-refractivity contribution is -0.159. The molecule has 0 aromatic heterocycles. The Balaban J connectivity index is 0.000000450. The summed E-state index contributed by atoms with van der Waals surface area (Å²) >= 11 is 0. The molecule has 0 aliphatic carbocycles. The standard InChI is InChI=1S/C15H21NO3.C2H2O4/c1-13(17)14-4-2-5-15(12-14)19-9-3-6-16-7-10-18-11-8-16;3-1(4)2(5)6/h2,4-5,12H,3,6-11H2,1H3;(H,3,4)(H,5,6). The van der Waals surface area contributed by atoms with Crippen LogP contribution in [0.1, 0.15) is 23.7 Å². The van der Waals surface area contributed by atoms with E-state index in [0.717, 1.165) is 45.0 Å². The van der Waals surface area contributed by atoms with Crippen LogP contribution in [0.4, 0.5) is 0 Å². The molecule has 1 heterocycles. The molecule has 0 amide bonds. The zero-order valence-electron chi connectivity index (χ0n) is 14.1. The van der Waals surface area contributed by atoms with Crippen LogP contribution in [0.25, 0.3) is 0 Å². The van der Waals surface area contributed by atoms with Gasteiger partial charge in [-0.15, -0.1) is 0 Å². The Bertz CT molecular complexity index is 570. The first-order valence-corrected chi connectivity index (χ1v) is 7.90. The average molecular weight is 353 g/mol. The summed E-state index contributed by atoms with van der Waals surface area (Å²) < 4.78 is 11.0. The number of carboxylic acid groups (broad SMARTS) is 2. The zero-order chi connectivity index (χ0) is 18.7. The highest BCUT2D eigenvalue weighted by Crippen LogP contribution is 2.14. The van der Waals surface area contributed by atoms with E-state index < -0.39 is 11.9 Å². The van der Waals surface area contributed by atoms with E-state index in [-0.39, 0.29) is 5.78 Å². The van der Waals surface area contributed by atoms with Gasteiger partial charge in [0, 0.05) is 25.2 Å². The van der Waals surface area contributed by atoms with Gasteiger partial charge in [-0.05, 0) is 25.5 Å². The SMILES string of the molecule is CC(=O)c1cccc(OCCCN2CCOCC2)c1.O=C(O)C(=O)O. The van der Waals surface area contributed by atoms with E-state index in [1.807, 2.05) is 18.2 Å². The molecule has 138 valence electrons. The second-order valence-electron chi connectivity index (χ2n) is 5.35. The average Bonchev–Trinajstić information content (AvgIpc) is 2.60. The maximum Gasteiger partial charge on any atom is 0.414 e. The number of hydrogen-bond acceptors (Lipinski definition) is 6. The molecule has 0 atom stereocenters. The zero-order valence-corrected chi connectivity index (χ0v) is 14.1. The summed E-state index contributed by atoms with van der Waals surface area (Å²) in [6, 6.07) is 7.36. The summed E-state index contributed by atoms with van der Waals surface area (Å²) in [5, 5.41) is 14.8. The Labute approximate surface area is 146 Å². The van der Waals surface area contributed by atoms with Crippen molar-refractivity contribution >= 4 is 17.7 Å². The summed E-state index contributed by atoms with van der Waals surface area (Å²) in [7, 11) is 0. The molecule has 25 heavy (non-hydrogen) atoms. The van der Waals surface area contributed by atoms with E-state index in [2.05, 4.69) is 4.90 Å². The van der Waals surface area contributed by atoms with Gasteiger partial charge in [-0.3, -0.25) is 9.69 Å². The van der Waals surface area contributed by atoms with Crippen LogP contribution in [0.2, 0.25) is 0 Å². The molecule has 8 nitrogen and oxygen atoms in total. The Morgan fingerprint density at radius 2 is 1.80 bits per heavy atom. The second-order valence-corrected chi connectivity index (χ2v) is 5.35. The lowest BCUT2D eigenvalue weighted by atomic mass is 10.1. The molecule has 0 spiro atoms. The number of rotatable bonds is 6. The van der Waals surface area contributed by atoms with Crippen LogP contribution >= 0.6 is 0 Å². The highest BCUT2D eigenvalue weighted by atomic mass is 16.5. The number of morpholine rings is 1. The molecule has 8 heteroatoms. The number of nitrogens with zero attached hydrogens (tertiary/aromatic N) is 1. The number of carboxylic acids is 2. The molecule has 1 aliphatic rings. The summed E-state index contributed by atoms with van der Waals surface area (Å²) in [6.07, 6.45) is 0.990. The minimum absolute atomic E-state index is 0.0683. The van der Waals surface area contributed by atoms with Gasteiger partial charge >= 0.3 is 11.9 Å². The van der Waals surface area contributed by atoms with E-state index in [1.165, 1.54) is 0 Å². The topological polar surface area (TPSA) is 113 Å². The summed E-state index contributed by atoms with van der Waals surface area (Å²) in [4.78, 5) is 31.8. The van der Waals surface area contributed by atoms with Crippen molar-refractivity contribution in [1.82, 2.24) is 4.90 Å². The molecule has 1 aliphatic heterocycles. The van der Waals surface area contributed by atoms with Crippen LogP contribution in [0.3, 0.4) is 0 Å². The van der Waals surface area contributed by atoms with Crippen molar-refractivity contribution in [3.05, 3.63) is 29.8 Å². The number of ketones is 1. The maximum atomic E-state index is 11.3. The Morgan fingerprint density at radius 1 is 1.16 bits per heavy atom. The van der Waals surface area contributed by atoms with E-state index in [9.17, 15) is 4.79 Å². The predicted octanol–water partition coefficient (Wildman–Crippen LogP) is 1.15. The maximum absolute atomic E-state index is 11.3. The van der Waals surface area contributed by atoms with E-state index >= 15 is 0 Å². The fourth-order valence-electron chi connectivity index (χ4n) is 2.11. The first kappa shape index (κ1) is 20.6. The number of carbonyl (C=O) groups is 3. The minimum Gasteiger partial charge on any atom is -0.494 e. The number of benzene rings is 1. The van der Waals surface area contributed by atoms with Gasteiger partial charge in [0.1, 0.15) is 5.75 Å². The monoisotopic (exact) mass is 353 g/mol. The first-order valence-electron chi connectivity index (χ1n) is 7.90. The predicted molar refractivity (Wildman–Crippen MR) is 89.1 cm³/mol. The van der Waals surface area contributed by atoms with Crippen molar-refractivity contribution in [3.8, 4) is 5.75 Å². The van der Waals surface area contributed by atoms with E-state index in [0.29, 0.717) is 12.2 Å². The van der Waals surface area contributed by atoms with Gasteiger partial charge in [-0.2, -0.15) is 0 Å². The fourth-order valence-corrected chi connectivity index (χ4v) is 2.11. The number of carbonyl (C=O) groups excluding carboxylic acids is 1. The van der Waals surface area contributed by atoms with Crippen molar-refractivity contribution in [2.45, 2.75) is 13.3 Å². The first-order chi connectivity index (χ1) is 11.9. The molecule has 0 unspecified atom stereocenters. The normalized spacial score (nSPS) is 14.1. The molecule has 0 radical (unpaired) electrons. The highest BCUT2D eigenvalue weighted by Gasteiger charge is 2.09. The van der Waals surface area contributed by atoms with Gasteiger partial charge in [-0.25, -0.2) is 9.59 Å². The van der Waals surface area contributed by atoms with Crippen LogP contribution in [0, 0.1) is 0 Å². The van der Waals surface area contributed by atoms with Crippen LogP contribution in [0.5, 0.6) is 5.75 Å². The molecule has 1 saturated heterocycles. The highest BCUT2D eigenvalue weighted by molar-refractivity contribution is 6.27. The van der Waals surface area contributed by atoms with Crippen molar-refractivity contribution < 1.29 is 34.1 Å². The van der Waals surface area contributed by atoms with Gasteiger partial charge in [0.15, 0.2) is 5.78 Å². The Kier molecular flexibility index (Phi) is 9.20. The van der Waals surface area contributed by atoms with Gasteiger partial charge in [0.05, 0.1) is 19.8 Å². The van der Waals surface area contributed by atoms with Crippen molar-refractivity contribution in [2.24, 2.45) is 0 Å². The molecule has 1 aromatic carbocycles. The van der Waals surface area contributed by atoms with Crippen LogP contribution < -0.4 is 4.74 Å². The summed E-state index contributed by atoms with van der Waals surface area (Å²) in [5.41, 5.74) is 0.700. The summed E-state index contributed by atoms with van der Waals surface area (Å²) in [6.45, 7) is 6.98. The summed E-state index contributed by atoms with van der Waals surface area (Å²) in [5.74, 6) is -2.81. The molecule has 0 saturated carbocycles. The molecule has 1 fully saturated rings. The van der Waals surface area contributed by atoms with Gasteiger partial charge in [0.25, 0.3) is 0 Å². The van der Waals surface area contributed by atoms with Crippen LogP contribution in [0.15, 0.2) is 24.3 Å². The van der Waals surface area contributed by atoms with E-state index in [4.69, 9.17) is 29.3 Å². The Hall–Kier alpha value is -2.45. The number of aliphatic carboxylic acids is 2. The molecular weight excluding hydrogens is 330 g/mol. The van der Waals surface area contributed by atoms with Crippen molar-refractivity contribution in [1.29, 1.82) is 0 Å². The quantitative estimate of drug-likeness (QED) is 0.445. The number of hydrogen-bond donors (Lipinski definition) is 2. The van der Waals surface area contributed by atoms with E-state index in [1.54, 1.807) is 13.0 Å². The molecular formula is C17H23NO7. The van der Waals surface area contributed by atoms with Crippen LogP contribution in [-0.2, 0) is 14.3 Å². The van der Waals surface area contributed by atoms with Crippen molar-refractivity contribution in [3.63, 3.8) is 0 Å². The largest absolute Gasteiger partial charge is 0.494 e. The molecule has 0 bridgehead atoms. The molecule has 2 rings (SSSR count). The van der Waals surface area contributed by atoms with Crippen molar-refractivity contribution in [2.75, 3.05) is 39.5 Å². The number of ether oxygens (including phenoxy) is 2. The smallest absolute Gasteiger partial charge is 0.414 e. The second kappa shape index (κ2) is 11.2. The number of Topliss-reactive ketones (excluding diaryl/α,β-unsaturated/α-hetero) is 1. The van der Waals surface area contributed by atoms with Gasteiger partial charge < -0.3 is 19.7 Å². The van der Waals surface area contributed by atoms with Gasteiger partial charge in [-0.1, -0.05) is 12.1 Å². The Morgan fingerprint density at radius 3 is 2.36 bits per heavy atom. The van der Waals surface area contributed by atoms with Crippen LogP contribution in [-0.4, -0.2) is 72.3 Å². The third kappa shape index (κ3) is 8.83. The lowest BCUT2D eigenvalue weighted by Crippen LogP contribution is -2.37. The third-order valence-corrected chi connectivity index (χ3v) is 3.41. The third-order valence-electron chi connectivity index (χ3n) is 3.41. The lowest BCUT2D eigenvalue weighted by Gasteiger charge is -2.26. The molecule has 2 N–H and O–H groups in total. The van der Waals surface area contributed by atoms with Gasteiger partial charge in [0.2, 0.25) is 0 Å². The fraction of sp³-hybridized carbons (Fsp3) is 0.471.